The van der Waals surface area contributed by atoms with Crippen molar-refractivity contribution >= 4 is 17.3 Å². The molecule has 146 valence electrons. The summed E-state index contributed by atoms with van der Waals surface area (Å²) in [5.41, 5.74) is 2.96. The molecule has 1 unspecified atom stereocenters. The van der Waals surface area contributed by atoms with E-state index in [4.69, 9.17) is 0 Å². The van der Waals surface area contributed by atoms with Crippen molar-refractivity contribution in [2.75, 3.05) is 18.6 Å². The van der Waals surface area contributed by atoms with Crippen molar-refractivity contribution in [3.63, 3.8) is 0 Å². The summed E-state index contributed by atoms with van der Waals surface area (Å²) in [6.45, 7) is 0.627. The summed E-state index contributed by atoms with van der Waals surface area (Å²) < 4.78 is 20.4. The number of methoxy groups -OCH3 is 1. The Bertz CT molecular complexity index is 1200. The molecule has 5 heterocycles. The Hall–Kier alpha value is -3.82. The number of carbonyl (C=O) groups is 1. The van der Waals surface area contributed by atoms with Gasteiger partial charge in [-0.05, 0) is 18.2 Å². The Balaban J connectivity index is 1.60. The van der Waals surface area contributed by atoms with Crippen LogP contribution < -0.4 is 4.90 Å². The number of aromatic nitrogens is 6. The summed E-state index contributed by atoms with van der Waals surface area (Å²) in [6.07, 6.45) is 6.97. The third kappa shape index (κ3) is 2.80. The van der Waals surface area contributed by atoms with Crippen LogP contribution in [0.15, 0.2) is 43.1 Å². The SMILES string of the molecule is COC(=O)c1cnc(N2CCc3[nH]cnc3C2c2cc3c(F)cccn3n2)cn1. The monoisotopic (exact) mass is 393 g/mol. The molecule has 9 nitrogen and oxygen atoms in total. The van der Waals surface area contributed by atoms with Crippen molar-refractivity contribution in [1.29, 1.82) is 0 Å². The van der Waals surface area contributed by atoms with Gasteiger partial charge in [0, 0.05) is 24.9 Å². The highest BCUT2D eigenvalue weighted by atomic mass is 19.1. The third-order valence-electron chi connectivity index (χ3n) is 5.00. The number of rotatable bonds is 3. The highest BCUT2D eigenvalue weighted by Gasteiger charge is 2.34. The van der Waals surface area contributed by atoms with E-state index < -0.39 is 5.97 Å². The zero-order valence-corrected chi connectivity index (χ0v) is 15.4. The van der Waals surface area contributed by atoms with Crippen LogP contribution in [0.2, 0.25) is 0 Å². The summed E-state index contributed by atoms with van der Waals surface area (Å²) in [6, 6.07) is 4.35. The van der Waals surface area contributed by atoms with Crippen molar-refractivity contribution in [2.45, 2.75) is 12.5 Å². The van der Waals surface area contributed by atoms with Gasteiger partial charge in [-0.15, -0.1) is 0 Å². The first-order chi connectivity index (χ1) is 14.2. The van der Waals surface area contributed by atoms with Crippen molar-refractivity contribution in [2.24, 2.45) is 0 Å². The molecule has 4 aromatic heterocycles. The summed E-state index contributed by atoms with van der Waals surface area (Å²) in [5, 5.41) is 4.57. The van der Waals surface area contributed by atoms with Crippen molar-refractivity contribution in [3.05, 3.63) is 71.7 Å². The Kier molecular flexibility index (Phi) is 3.97. The fraction of sp³-hybridized carbons (Fsp3) is 0.211. The van der Waals surface area contributed by atoms with Gasteiger partial charge in [0.15, 0.2) is 5.69 Å². The molecule has 4 aromatic rings. The fourth-order valence-electron chi connectivity index (χ4n) is 3.64. The summed E-state index contributed by atoms with van der Waals surface area (Å²) in [5.74, 6) is -0.337. The van der Waals surface area contributed by atoms with E-state index in [-0.39, 0.29) is 17.6 Å². The van der Waals surface area contributed by atoms with Crippen LogP contribution in [0.25, 0.3) is 5.52 Å². The van der Waals surface area contributed by atoms with Gasteiger partial charge < -0.3 is 14.6 Å². The van der Waals surface area contributed by atoms with Gasteiger partial charge >= 0.3 is 5.97 Å². The molecule has 0 spiro atoms. The number of hydrogen-bond donors (Lipinski definition) is 1. The zero-order chi connectivity index (χ0) is 20.0. The molecule has 0 fully saturated rings. The first-order valence-electron chi connectivity index (χ1n) is 8.98. The second-order valence-corrected chi connectivity index (χ2v) is 6.62. The topological polar surface area (TPSA) is 101 Å². The number of H-pyrrole nitrogens is 1. The number of imidazole rings is 1. The molecule has 1 atom stereocenters. The molecule has 5 rings (SSSR count). The molecule has 1 aliphatic rings. The van der Waals surface area contributed by atoms with Crippen LogP contribution >= 0.6 is 0 Å². The molecule has 29 heavy (non-hydrogen) atoms. The van der Waals surface area contributed by atoms with E-state index in [1.807, 2.05) is 4.90 Å². The van der Waals surface area contributed by atoms with E-state index in [0.29, 0.717) is 23.6 Å². The predicted molar refractivity (Wildman–Crippen MR) is 100 cm³/mol. The zero-order valence-electron chi connectivity index (χ0n) is 15.4. The average Bonchev–Trinajstić information content (AvgIpc) is 3.40. The highest BCUT2D eigenvalue weighted by Crippen LogP contribution is 2.35. The molecule has 10 heteroatoms. The lowest BCUT2D eigenvalue weighted by Gasteiger charge is -2.34. The number of fused-ring (bicyclic) bond motifs is 2. The van der Waals surface area contributed by atoms with Crippen LogP contribution in [0.3, 0.4) is 0 Å². The predicted octanol–water partition coefficient (Wildman–Crippen LogP) is 1.93. The Morgan fingerprint density at radius 2 is 2.21 bits per heavy atom. The molecular formula is C19H16FN7O2. The number of carbonyl (C=O) groups excluding carboxylic acids is 1. The fourth-order valence-corrected chi connectivity index (χ4v) is 3.64. The minimum atomic E-state index is -0.551. The van der Waals surface area contributed by atoms with Crippen LogP contribution in [-0.2, 0) is 11.2 Å². The Labute approximate surface area is 164 Å². The molecule has 0 radical (unpaired) electrons. The average molecular weight is 393 g/mol. The molecule has 0 aromatic carbocycles. The number of pyridine rings is 1. The Morgan fingerprint density at radius 1 is 1.31 bits per heavy atom. The maximum atomic E-state index is 14.2. The molecule has 0 saturated heterocycles. The van der Waals surface area contributed by atoms with Crippen LogP contribution in [0.4, 0.5) is 10.2 Å². The molecule has 1 aliphatic heterocycles. The normalized spacial score (nSPS) is 16.1. The van der Waals surface area contributed by atoms with Crippen molar-refractivity contribution in [1.82, 2.24) is 29.5 Å². The van der Waals surface area contributed by atoms with Gasteiger partial charge in [0.1, 0.15) is 23.2 Å². The minimum Gasteiger partial charge on any atom is -0.464 e. The van der Waals surface area contributed by atoms with Gasteiger partial charge in [-0.3, -0.25) is 0 Å². The number of halogens is 1. The highest BCUT2D eigenvalue weighted by molar-refractivity contribution is 5.86. The number of esters is 1. The Morgan fingerprint density at radius 3 is 2.97 bits per heavy atom. The first kappa shape index (κ1) is 17.3. The van der Waals surface area contributed by atoms with Crippen molar-refractivity contribution in [3.8, 4) is 0 Å². The van der Waals surface area contributed by atoms with Crippen molar-refractivity contribution < 1.29 is 13.9 Å². The third-order valence-corrected chi connectivity index (χ3v) is 5.00. The summed E-state index contributed by atoms with van der Waals surface area (Å²) in [7, 11) is 1.29. The first-order valence-corrected chi connectivity index (χ1v) is 8.98. The van der Waals surface area contributed by atoms with Gasteiger partial charge in [-0.1, -0.05) is 0 Å². The number of anilines is 1. The maximum absolute atomic E-state index is 14.2. The smallest absolute Gasteiger partial charge is 0.358 e. The largest absolute Gasteiger partial charge is 0.464 e. The molecular weight excluding hydrogens is 377 g/mol. The van der Waals surface area contributed by atoms with E-state index in [0.717, 1.165) is 17.8 Å². The van der Waals surface area contributed by atoms with Gasteiger partial charge in [-0.2, -0.15) is 5.10 Å². The van der Waals surface area contributed by atoms with E-state index in [1.54, 1.807) is 24.7 Å². The lowest BCUT2D eigenvalue weighted by atomic mass is 10.00. The van der Waals surface area contributed by atoms with Crippen LogP contribution in [0, 0.1) is 5.82 Å². The summed E-state index contributed by atoms with van der Waals surface area (Å²) in [4.78, 5) is 29.8. The van der Waals surface area contributed by atoms with E-state index in [9.17, 15) is 9.18 Å². The molecule has 1 N–H and O–H groups in total. The number of nitrogens with zero attached hydrogens (tertiary/aromatic N) is 6. The van der Waals surface area contributed by atoms with Crippen LogP contribution in [0.1, 0.15) is 33.6 Å². The van der Waals surface area contributed by atoms with E-state index in [2.05, 4.69) is 29.8 Å². The quantitative estimate of drug-likeness (QED) is 0.531. The number of ether oxygens (including phenoxy) is 1. The van der Waals surface area contributed by atoms with Crippen LogP contribution in [-0.4, -0.2) is 49.2 Å². The second-order valence-electron chi connectivity index (χ2n) is 6.62. The standard InChI is InChI=1S/C19H16FN7O2/c1-29-19(28)14-8-22-16(9-21-14)26-6-4-12-17(24-10-23-12)18(26)13-7-15-11(20)3-2-5-27(15)25-13/h2-3,5,7-10,18H,4,6H2,1H3,(H,23,24). The summed E-state index contributed by atoms with van der Waals surface area (Å²) >= 11 is 0. The number of aromatic amines is 1. The number of hydrogen-bond acceptors (Lipinski definition) is 7. The number of nitrogens with one attached hydrogen (secondary N) is 1. The van der Waals surface area contributed by atoms with Gasteiger partial charge in [0.05, 0.1) is 37.2 Å². The second kappa shape index (κ2) is 6.66. The molecule has 0 amide bonds. The lowest BCUT2D eigenvalue weighted by Crippen LogP contribution is -2.37. The molecule has 0 aliphatic carbocycles. The molecule has 0 bridgehead atoms. The van der Waals surface area contributed by atoms with Gasteiger partial charge in [0.25, 0.3) is 0 Å². The van der Waals surface area contributed by atoms with E-state index in [1.165, 1.54) is 30.1 Å². The van der Waals surface area contributed by atoms with Gasteiger partial charge in [0.2, 0.25) is 0 Å². The van der Waals surface area contributed by atoms with Gasteiger partial charge in [-0.25, -0.2) is 28.7 Å². The lowest BCUT2D eigenvalue weighted by molar-refractivity contribution is 0.0593. The minimum absolute atomic E-state index is 0.125. The molecule has 0 saturated carbocycles. The van der Waals surface area contributed by atoms with Crippen LogP contribution in [0.5, 0.6) is 0 Å². The van der Waals surface area contributed by atoms with E-state index >= 15 is 0 Å². The maximum Gasteiger partial charge on any atom is 0.358 e.